The molecule has 6 N–H and O–H groups in total. The van der Waals surface area contributed by atoms with Crippen LogP contribution in [0.4, 0.5) is 0 Å². The number of aliphatic hydroxyl groups is 5. The van der Waals surface area contributed by atoms with E-state index in [4.69, 9.17) is 4.55 Å². The molecule has 0 amide bonds. The Morgan fingerprint density at radius 2 is 1.61 bits per heavy atom. The number of rotatable bonds is 8. The van der Waals surface area contributed by atoms with Gasteiger partial charge >= 0.3 is 10.4 Å². The van der Waals surface area contributed by atoms with Gasteiger partial charge in [-0.2, -0.15) is 8.42 Å². The van der Waals surface area contributed by atoms with Gasteiger partial charge in [-0.15, -0.1) is 0 Å². The first-order chi connectivity index (χ1) is 17.5. The molecule has 9 nitrogen and oxygen atoms in total. The fraction of sp³-hybridized carbons (Fsp3) is 1.00. The SMILES string of the molecule is C[C@H](CC[C@@H](C)[C@H](C)COS(=O)(=O)O)[C@H]1[C@@H](O)[C@H](O)[C@@H]2[C@@H]3C[C@@H](O)[C@@]4(O)C[C@@H](O)CC[C@]4(C)[C@@H]3CC[C@@]21C. The second-order valence-corrected chi connectivity index (χ2v) is 15.2. The van der Waals surface area contributed by atoms with Crippen molar-refractivity contribution in [1.82, 2.24) is 0 Å². The van der Waals surface area contributed by atoms with Crippen LogP contribution in [0.5, 0.6) is 0 Å². The lowest BCUT2D eigenvalue weighted by molar-refractivity contribution is -0.268. The lowest BCUT2D eigenvalue weighted by atomic mass is 9.42. The fourth-order valence-electron chi connectivity index (χ4n) is 9.72. The van der Waals surface area contributed by atoms with E-state index in [2.05, 4.69) is 18.0 Å². The normalized spacial score (nSPS) is 49.4. The van der Waals surface area contributed by atoms with Crippen molar-refractivity contribution >= 4 is 10.4 Å². The van der Waals surface area contributed by atoms with Gasteiger partial charge in [0.25, 0.3) is 0 Å². The molecule has 0 bridgehead atoms. The van der Waals surface area contributed by atoms with Gasteiger partial charge in [0.1, 0.15) is 0 Å². The van der Waals surface area contributed by atoms with Crippen LogP contribution in [-0.4, -0.2) is 75.1 Å². The zero-order chi connectivity index (χ0) is 28.4. The molecule has 4 aliphatic rings. The molecule has 4 saturated carbocycles. The van der Waals surface area contributed by atoms with Gasteiger partial charge in [-0.25, -0.2) is 4.18 Å². The third kappa shape index (κ3) is 4.99. The predicted octanol–water partition coefficient (Wildman–Crippen LogP) is 2.54. The van der Waals surface area contributed by atoms with Crippen LogP contribution < -0.4 is 0 Å². The van der Waals surface area contributed by atoms with Crippen molar-refractivity contribution in [2.75, 3.05) is 6.61 Å². The molecule has 14 atom stereocenters. The number of fused-ring (bicyclic) bond motifs is 5. The van der Waals surface area contributed by atoms with E-state index in [0.29, 0.717) is 19.3 Å². The highest BCUT2D eigenvalue weighted by atomic mass is 32.3. The summed E-state index contributed by atoms with van der Waals surface area (Å²) in [6, 6.07) is 0. The highest BCUT2D eigenvalue weighted by molar-refractivity contribution is 7.80. The average Bonchev–Trinajstić information content (AvgIpc) is 3.02. The quantitative estimate of drug-likeness (QED) is 0.244. The van der Waals surface area contributed by atoms with Crippen LogP contribution in [0, 0.1) is 52.3 Å². The van der Waals surface area contributed by atoms with Crippen molar-refractivity contribution in [3.05, 3.63) is 0 Å². The van der Waals surface area contributed by atoms with Gasteiger partial charge in [0.15, 0.2) is 0 Å². The van der Waals surface area contributed by atoms with Gasteiger partial charge in [0.2, 0.25) is 0 Å². The summed E-state index contributed by atoms with van der Waals surface area (Å²) >= 11 is 0. The molecule has 0 aromatic rings. The molecule has 0 aromatic heterocycles. The molecule has 0 aliphatic heterocycles. The van der Waals surface area contributed by atoms with Gasteiger partial charge < -0.3 is 25.5 Å². The summed E-state index contributed by atoms with van der Waals surface area (Å²) in [6.07, 6.45) is 1.60. The van der Waals surface area contributed by atoms with Gasteiger partial charge in [-0.1, -0.05) is 47.5 Å². The summed E-state index contributed by atoms with van der Waals surface area (Å²) in [7, 11) is -4.47. The number of aliphatic hydroxyl groups excluding tert-OH is 4. The van der Waals surface area contributed by atoms with Gasteiger partial charge in [0.05, 0.1) is 36.6 Å². The molecule has 222 valence electrons. The molecule has 0 radical (unpaired) electrons. The van der Waals surface area contributed by atoms with Crippen LogP contribution in [0.25, 0.3) is 0 Å². The van der Waals surface area contributed by atoms with Crippen LogP contribution in [0.2, 0.25) is 0 Å². The third-order valence-corrected chi connectivity index (χ3v) is 12.6. The summed E-state index contributed by atoms with van der Waals surface area (Å²) in [5, 5.41) is 56.1. The Balaban J connectivity index is 1.50. The Morgan fingerprint density at radius 3 is 2.24 bits per heavy atom. The smallest absolute Gasteiger partial charge is 0.393 e. The van der Waals surface area contributed by atoms with Crippen molar-refractivity contribution in [3.63, 3.8) is 0 Å². The monoisotopic (exact) mass is 562 g/mol. The van der Waals surface area contributed by atoms with E-state index in [1.165, 1.54) is 0 Å². The summed E-state index contributed by atoms with van der Waals surface area (Å²) < 4.78 is 35.3. The van der Waals surface area contributed by atoms with E-state index >= 15 is 0 Å². The van der Waals surface area contributed by atoms with E-state index in [-0.39, 0.29) is 59.9 Å². The molecule has 0 heterocycles. The first-order valence-corrected chi connectivity index (χ1v) is 15.9. The topological polar surface area (TPSA) is 165 Å². The molecule has 0 unspecified atom stereocenters. The maximum absolute atomic E-state index is 11.7. The summed E-state index contributed by atoms with van der Waals surface area (Å²) in [6.45, 7) is 10.2. The van der Waals surface area contributed by atoms with Crippen molar-refractivity contribution in [2.24, 2.45) is 52.3 Å². The average molecular weight is 563 g/mol. The molecule has 4 rings (SSSR count). The van der Waals surface area contributed by atoms with Crippen LogP contribution in [-0.2, 0) is 14.6 Å². The molecule has 0 saturated heterocycles. The lowest BCUT2D eigenvalue weighted by Crippen LogP contribution is -2.69. The zero-order valence-electron chi connectivity index (χ0n) is 23.5. The second kappa shape index (κ2) is 10.5. The van der Waals surface area contributed by atoms with Crippen molar-refractivity contribution in [2.45, 2.75) is 116 Å². The van der Waals surface area contributed by atoms with E-state index in [1.807, 2.05) is 20.8 Å². The minimum absolute atomic E-state index is 0.0253. The fourth-order valence-corrected chi connectivity index (χ4v) is 10.1. The van der Waals surface area contributed by atoms with E-state index in [9.17, 15) is 34.0 Å². The summed E-state index contributed by atoms with van der Waals surface area (Å²) in [4.78, 5) is 0. The highest BCUT2D eigenvalue weighted by Gasteiger charge is 2.70. The second-order valence-electron chi connectivity index (χ2n) is 14.1. The standard InChI is InChI=1S/C28H50O9S/c1-15(17(3)14-37-38(34,35)36)6-7-16(2)22-24(31)25(32)23-19-12-21(30)28(33)13-18(29)8-11-27(28,5)20(19)9-10-26(22,23)4/h15-25,29-33H,6-14H2,1-5H3,(H,34,35,36)/t15-,16-,17-,18+,19-,20-,21-,22+,23+,24-,25-,26-,27-,28+/m1/s1. The Kier molecular flexibility index (Phi) is 8.46. The van der Waals surface area contributed by atoms with Crippen molar-refractivity contribution in [1.29, 1.82) is 0 Å². The minimum Gasteiger partial charge on any atom is -0.393 e. The minimum atomic E-state index is -4.47. The van der Waals surface area contributed by atoms with Crippen LogP contribution in [0.15, 0.2) is 0 Å². The molecule has 4 fully saturated rings. The number of hydrogen-bond donors (Lipinski definition) is 6. The Labute approximate surface area is 227 Å². The molecular weight excluding hydrogens is 512 g/mol. The lowest BCUT2D eigenvalue weighted by Gasteiger charge is -2.65. The third-order valence-electron chi connectivity index (χ3n) is 12.1. The predicted molar refractivity (Wildman–Crippen MR) is 141 cm³/mol. The molecule has 38 heavy (non-hydrogen) atoms. The van der Waals surface area contributed by atoms with E-state index < -0.39 is 45.8 Å². The Hall–Kier alpha value is -0.330. The van der Waals surface area contributed by atoms with Crippen LogP contribution >= 0.6 is 0 Å². The van der Waals surface area contributed by atoms with Gasteiger partial charge in [0, 0.05) is 11.8 Å². The largest absolute Gasteiger partial charge is 0.397 e. The first-order valence-electron chi connectivity index (χ1n) is 14.5. The molecule has 10 heteroatoms. The van der Waals surface area contributed by atoms with Crippen LogP contribution in [0.1, 0.15) is 86.0 Å². The molecule has 4 aliphatic carbocycles. The maximum atomic E-state index is 11.7. The van der Waals surface area contributed by atoms with E-state index in [1.54, 1.807) is 0 Å². The van der Waals surface area contributed by atoms with Gasteiger partial charge in [-0.05, 0) is 78.9 Å². The van der Waals surface area contributed by atoms with E-state index in [0.717, 1.165) is 25.7 Å². The number of hydrogen-bond acceptors (Lipinski definition) is 8. The molecule has 0 spiro atoms. The maximum Gasteiger partial charge on any atom is 0.397 e. The highest BCUT2D eigenvalue weighted by Crippen LogP contribution is 2.69. The molecule has 0 aromatic carbocycles. The summed E-state index contributed by atoms with van der Waals surface area (Å²) in [5.41, 5.74) is -2.22. The summed E-state index contributed by atoms with van der Waals surface area (Å²) in [5.74, 6) is -0.0862. The first kappa shape index (κ1) is 30.6. The van der Waals surface area contributed by atoms with Crippen LogP contribution in [0.3, 0.4) is 0 Å². The Morgan fingerprint density at radius 1 is 0.947 bits per heavy atom. The van der Waals surface area contributed by atoms with Crippen molar-refractivity contribution < 1.29 is 42.7 Å². The zero-order valence-corrected chi connectivity index (χ0v) is 24.3. The molecular formula is C28H50O9S. The van der Waals surface area contributed by atoms with Crippen molar-refractivity contribution in [3.8, 4) is 0 Å². The van der Waals surface area contributed by atoms with Gasteiger partial charge in [-0.3, -0.25) is 4.55 Å². The Bertz CT molecular complexity index is 960.